The lowest BCUT2D eigenvalue weighted by molar-refractivity contribution is 0.148. The van der Waals surface area contributed by atoms with Crippen LogP contribution in [0.5, 0.6) is 0 Å². The monoisotopic (exact) mass is 292 g/mol. The largest absolute Gasteiger partial charge is 0.296 e. The second kappa shape index (κ2) is 6.95. The van der Waals surface area contributed by atoms with Crippen LogP contribution in [-0.4, -0.2) is 27.7 Å². The number of piperidine rings is 1. The molecule has 1 aliphatic rings. The number of hydrogen-bond acceptors (Lipinski definition) is 3. The maximum atomic E-state index is 4.67. The van der Waals surface area contributed by atoms with Crippen molar-refractivity contribution in [3.8, 4) is 0 Å². The minimum absolute atomic E-state index is 0.230. The number of hydrogen-bond donors (Lipinski definition) is 0. The molecule has 1 aromatic heterocycles. The fourth-order valence-corrected chi connectivity index (χ4v) is 3.76. The van der Waals surface area contributed by atoms with Gasteiger partial charge in [0.25, 0.3) is 0 Å². The summed E-state index contributed by atoms with van der Waals surface area (Å²) < 4.78 is 0.230. The fourth-order valence-electron chi connectivity index (χ4n) is 2.89. The second-order valence-electron chi connectivity index (χ2n) is 6.69. The van der Waals surface area contributed by atoms with E-state index in [1.807, 2.05) is 11.8 Å². The van der Waals surface area contributed by atoms with Crippen LogP contribution in [-0.2, 0) is 0 Å². The molecule has 1 saturated heterocycles. The highest BCUT2D eigenvalue weighted by molar-refractivity contribution is 8.00. The van der Waals surface area contributed by atoms with Crippen LogP contribution < -0.4 is 0 Å². The first-order valence-corrected chi connectivity index (χ1v) is 8.70. The Bertz CT molecular complexity index is 406. The van der Waals surface area contributed by atoms with Gasteiger partial charge in [-0.25, -0.2) is 4.98 Å². The van der Waals surface area contributed by atoms with Crippen LogP contribution in [0.15, 0.2) is 23.4 Å². The molecule has 0 radical (unpaired) electrons. The summed E-state index contributed by atoms with van der Waals surface area (Å²) in [4.78, 5) is 7.31. The minimum Gasteiger partial charge on any atom is -0.296 e. The molecule has 1 atom stereocenters. The molecule has 0 amide bonds. The maximum Gasteiger partial charge on any atom is 0.0965 e. The van der Waals surface area contributed by atoms with Crippen LogP contribution in [0.1, 0.15) is 65.0 Å². The van der Waals surface area contributed by atoms with E-state index in [1.165, 1.54) is 44.3 Å². The van der Waals surface area contributed by atoms with Crippen LogP contribution in [0, 0.1) is 0 Å². The summed E-state index contributed by atoms with van der Waals surface area (Å²) in [6, 6.07) is 5.08. The lowest BCUT2D eigenvalue weighted by Crippen LogP contribution is -2.34. The molecule has 3 heteroatoms. The van der Waals surface area contributed by atoms with Crippen LogP contribution in [0.3, 0.4) is 0 Å². The molecule has 0 saturated carbocycles. The van der Waals surface area contributed by atoms with Crippen LogP contribution in [0.2, 0.25) is 0 Å². The fraction of sp³-hybridized carbons (Fsp3) is 0.706. The summed E-state index contributed by atoms with van der Waals surface area (Å²) in [7, 11) is 0. The van der Waals surface area contributed by atoms with E-state index < -0.39 is 0 Å². The minimum atomic E-state index is 0.230. The van der Waals surface area contributed by atoms with Gasteiger partial charge >= 0.3 is 0 Å². The number of aromatic nitrogens is 1. The van der Waals surface area contributed by atoms with Gasteiger partial charge in [0.1, 0.15) is 0 Å². The molecule has 1 fully saturated rings. The SMILES string of the molecule is CCCN1CCCCC1c1ccc(SC(C)(C)C)nc1. The Morgan fingerprint density at radius 2 is 2.10 bits per heavy atom. The van der Waals surface area contributed by atoms with Crippen LogP contribution in [0.25, 0.3) is 0 Å². The Morgan fingerprint density at radius 1 is 1.30 bits per heavy atom. The summed E-state index contributed by atoms with van der Waals surface area (Å²) in [5, 5.41) is 1.14. The molecular weight excluding hydrogens is 264 g/mol. The first-order chi connectivity index (χ1) is 9.49. The number of rotatable bonds is 4. The van der Waals surface area contributed by atoms with Gasteiger partial charge in [0, 0.05) is 17.0 Å². The predicted molar refractivity (Wildman–Crippen MR) is 88.3 cm³/mol. The molecular formula is C17H28N2S. The van der Waals surface area contributed by atoms with Crippen molar-refractivity contribution >= 4 is 11.8 Å². The Kier molecular flexibility index (Phi) is 5.50. The molecule has 20 heavy (non-hydrogen) atoms. The van der Waals surface area contributed by atoms with E-state index in [0.717, 1.165) is 5.03 Å². The smallest absolute Gasteiger partial charge is 0.0965 e. The van der Waals surface area contributed by atoms with E-state index in [0.29, 0.717) is 6.04 Å². The molecule has 0 aliphatic carbocycles. The molecule has 0 spiro atoms. The Hall–Kier alpha value is -0.540. The highest BCUT2D eigenvalue weighted by Crippen LogP contribution is 2.33. The van der Waals surface area contributed by atoms with Crippen LogP contribution in [0.4, 0.5) is 0 Å². The molecule has 0 bridgehead atoms. The van der Waals surface area contributed by atoms with Crippen molar-refractivity contribution in [2.75, 3.05) is 13.1 Å². The molecule has 0 aromatic carbocycles. The normalized spacial score (nSPS) is 21.1. The topological polar surface area (TPSA) is 16.1 Å². The zero-order chi connectivity index (χ0) is 14.6. The summed E-state index contributed by atoms with van der Waals surface area (Å²) >= 11 is 1.84. The standard InChI is InChI=1S/C17H28N2S/c1-5-11-19-12-7-6-8-15(19)14-9-10-16(18-13-14)20-17(2,3)4/h9-10,13,15H,5-8,11-12H2,1-4H3. The first kappa shape index (κ1) is 15.8. The molecule has 2 heterocycles. The zero-order valence-electron chi connectivity index (χ0n) is 13.4. The Balaban J connectivity index is 2.07. The highest BCUT2D eigenvalue weighted by Gasteiger charge is 2.23. The van der Waals surface area contributed by atoms with Gasteiger partial charge in [0.15, 0.2) is 0 Å². The van der Waals surface area contributed by atoms with Gasteiger partial charge in [-0.05, 0) is 44.0 Å². The third kappa shape index (κ3) is 4.49. The van der Waals surface area contributed by atoms with Crippen molar-refractivity contribution in [1.82, 2.24) is 9.88 Å². The number of pyridine rings is 1. The third-order valence-electron chi connectivity index (χ3n) is 3.68. The van der Waals surface area contributed by atoms with Gasteiger partial charge in [0.05, 0.1) is 5.03 Å². The average Bonchev–Trinajstić information content (AvgIpc) is 2.39. The third-order valence-corrected chi connectivity index (χ3v) is 4.74. The molecule has 2 rings (SSSR count). The van der Waals surface area contributed by atoms with Crippen molar-refractivity contribution in [3.63, 3.8) is 0 Å². The van der Waals surface area contributed by atoms with Gasteiger partial charge in [-0.3, -0.25) is 4.90 Å². The summed E-state index contributed by atoms with van der Waals surface area (Å²) in [6.07, 6.45) is 7.33. The average molecular weight is 292 g/mol. The summed E-state index contributed by atoms with van der Waals surface area (Å²) in [5.41, 5.74) is 1.40. The summed E-state index contributed by atoms with van der Waals surface area (Å²) in [6.45, 7) is 11.4. The summed E-state index contributed by atoms with van der Waals surface area (Å²) in [5.74, 6) is 0. The molecule has 1 aliphatic heterocycles. The van der Waals surface area contributed by atoms with Gasteiger partial charge in [-0.1, -0.05) is 40.2 Å². The first-order valence-electron chi connectivity index (χ1n) is 7.88. The van der Waals surface area contributed by atoms with Crippen molar-refractivity contribution in [1.29, 1.82) is 0 Å². The number of nitrogens with zero attached hydrogens (tertiary/aromatic N) is 2. The lowest BCUT2D eigenvalue weighted by Gasteiger charge is -2.35. The molecule has 0 N–H and O–H groups in total. The predicted octanol–water partition coefficient (Wildman–Crippen LogP) is 4.91. The van der Waals surface area contributed by atoms with E-state index in [2.05, 4.69) is 55.9 Å². The molecule has 1 unspecified atom stereocenters. The Labute approximate surface area is 128 Å². The van der Waals surface area contributed by atoms with Gasteiger partial charge in [-0.2, -0.15) is 0 Å². The van der Waals surface area contributed by atoms with E-state index in [4.69, 9.17) is 0 Å². The number of likely N-dealkylation sites (tertiary alicyclic amines) is 1. The van der Waals surface area contributed by atoms with Crippen molar-refractivity contribution in [2.45, 2.75) is 69.2 Å². The molecule has 112 valence electrons. The zero-order valence-corrected chi connectivity index (χ0v) is 14.2. The van der Waals surface area contributed by atoms with E-state index >= 15 is 0 Å². The molecule has 2 nitrogen and oxygen atoms in total. The van der Waals surface area contributed by atoms with Gasteiger partial charge in [0.2, 0.25) is 0 Å². The van der Waals surface area contributed by atoms with E-state index in [-0.39, 0.29) is 4.75 Å². The Morgan fingerprint density at radius 3 is 2.70 bits per heavy atom. The quantitative estimate of drug-likeness (QED) is 0.734. The maximum absolute atomic E-state index is 4.67. The van der Waals surface area contributed by atoms with E-state index in [9.17, 15) is 0 Å². The van der Waals surface area contributed by atoms with Gasteiger partial charge < -0.3 is 0 Å². The molecule has 1 aromatic rings. The van der Waals surface area contributed by atoms with Crippen molar-refractivity contribution in [3.05, 3.63) is 23.9 Å². The number of thioether (sulfide) groups is 1. The van der Waals surface area contributed by atoms with Crippen LogP contribution >= 0.6 is 11.8 Å². The van der Waals surface area contributed by atoms with Crippen molar-refractivity contribution < 1.29 is 0 Å². The second-order valence-corrected chi connectivity index (χ2v) is 8.54. The highest BCUT2D eigenvalue weighted by atomic mass is 32.2. The van der Waals surface area contributed by atoms with Crippen molar-refractivity contribution in [2.24, 2.45) is 0 Å². The lowest BCUT2D eigenvalue weighted by atomic mass is 9.96. The van der Waals surface area contributed by atoms with E-state index in [1.54, 1.807) is 0 Å². The van der Waals surface area contributed by atoms with Gasteiger partial charge in [-0.15, -0.1) is 11.8 Å².